The molecule has 2 amide bonds. The molecule has 3 atom stereocenters. The van der Waals surface area contributed by atoms with Crippen LogP contribution in [0.5, 0.6) is 0 Å². The third-order valence-electron chi connectivity index (χ3n) is 5.01. The lowest BCUT2D eigenvalue weighted by Crippen LogP contribution is -2.38. The van der Waals surface area contributed by atoms with Gasteiger partial charge in [-0.25, -0.2) is 4.90 Å². The Bertz CT molecular complexity index is 700. The average Bonchev–Trinajstić information content (AvgIpc) is 3.09. The first-order chi connectivity index (χ1) is 10.0. The van der Waals surface area contributed by atoms with Gasteiger partial charge in [-0.15, -0.1) is 0 Å². The highest BCUT2D eigenvalue weighted by Gasteiger charge is 2.60. The van der Waals surface area contributed by atoms with Crippen molar-refractivity contribution in [3.63, 3.8) is 0 Å². The summed E-state index contributed by atoms with van der Waals surface area (Å²) in [5.41, 5.74) is -0.00849. The van der Waals surface area contributed by atoms with Gasteiger partial charge in [0.2, 0.25) is 11.8 Å². The van der Waals surface area contributed by atoms with Crippen LogP contribution in [-0.2, 0) is 9.59 Å². The van der Waals surface area contributed by atoms with Gasteiger partial charge >= 0.3 is 0 Å². The van der Waals surface area contributed by atoms with Gasteiger partial charge in [0.25, 0.3) is 0 Å². The first-order valence-corrected chi connectivity index (χ1v) is 7.78. The zero-order valence-electron chi connectivity index (χ0n) is 11.2. The maximum absolute atomic E-state index is 12.9. The summed E-state index contributed by atoms with van der Waals surface area (Å²) in [7, 11) is 0. The summed E-state index contributed by atoms with van der Waals surface area (Å²) < 4.78 is 0. The molecule has 1 heterocycles. The van der Waals surface area contributed by atoms with E-state index in [4.69, 9.17) is 23.2 Å². The lowest BCUT2D eigenvalue weighted by molar-refractivity contribution is -0.126. The van der Waals surface area contributed by atoms with Gasteiger partial charge in [-0.3, -0.25) is 9.59 Å². The molecule has 3 aliphatic rings. The second-order valence-electron chi connectivity index (χ2n) is 6.16. The maximum atomic E-state index is 12.9. The molecule has 1 aliphatic heterocycles. The van der Waals surface area contributed by atoms with Crippen molar-refractivity contribution in [3.8, 4) is 0 Å². The van der Waals surface area contributed by atoms with Crippen LogP contribution < -0.4 is 4.90 Å². The van der Waals surface area contributed by atoms with Gasteiger partial charge in [-0.1, -0.05) is 35.4 Å². The molecule has 3 nitrogen and oxygen atoms in total. The van der Waals surface area contributed by atoms with E-state index in [1.54, 1.807) is 18.2 Å². The number of nitrogens with zero attached hydrogens (tertiary/aromatic N) is 1. The van der Waals surface area contributed by atoms with Crippen LogP contribution in [0.1, 0.15) is 19.3 Å². The normalized spacial score (nSPS) is 33.7. The number of carbonyl (C=O) groups excluding carboxylic acids is 2. The first kappa shape index (κ1) is 13.4. The fourth-order valence-corrected chi connectivity index (χ4v) is 4.34. The molecule has 21 heavy (non-hydrogen) atoms. The Morgan fingerprint density at radius 1 is 1.14 bits per heavy atom. The highest BCUT2D eigenvalue weighted by Crippen LogP contribution is 2.57. The number of benzene rings is 1. The van der Waals surface area contributed by atoms with Gasteiger partial charge < -0.3 is 0 Å². The number of rotatable bonds is 1. The van der Waals surface area contributed by atoms with Crippen LogP contribution in [0.3, 0.4) is 0 Å². The van der Waals surface area contributed by atoms with Crippen LogP contribution in [-0.4, -0.2) is 11.8 Å². The number of halogens is 2. The number of carbonyl (C=O) groups is 2. The van der Waals surface area contributed by atoms with Gasteiger partial charge in [0, 0.05) is 6.42 Å². The van der Waals surface area contributed by atoms with E-state index in [0.29, 0.717) is 28.1 Å². The lowest BCUT2D eigenvalue weighted by Gasteiger charge is -2.28. The predicted octanol–water partition coefficient (Wildman–Crippen LogP) is 3.84. The molecule has 0 aromatic heterocycles. The number of imide groups is 1. The van der Waals surface area contributed by atoms with Crippen LogP contribution in [0.15, 0.2) is 30.4 Å². The van der Waals surface area contributed by atoms with Crippen molar-refractivity contribution >= 4 is 40.7 Å². The smallest absolute Gasteiger partial charge is 0.241 e. The predicted molar refractivity (Wildman–Crippen MR) is 81.4 cm³/mol. The first-order valence-electron chi connectivity index (χ1n) is 7.02. The Labute approximate surface area is 132 Å². The van der Waals surface area contributed by atoms with Gasteiger partial charge in [0.15, 0.2) is 0 Å². The monoisotopic (exact) mass is 321 g/mol. The zero-order chi connectivity index (χ0) is 14.8. The van der Waals surface area contributed by atoms with Crippen LogP contribution in [0.25, 0.3) is 0 Å². The number of hydrogen-bond donors (Lipinski definition) is 0. The van der Waals surface area contributed by atoms with Crippen molar-refractivity contribution in [1.82, 2.24) is 0 Å². The van der Waals surface area contributed by atoms with E-state index < -0.39 is 5.41 Å². The van der Waals surface area contributed by atoms with Crippen molar-refractivity contribution < 1.29 is 9.59 Å². The highest BCUT2D eigenvalue weighted by atomic mass is 35.5. The van der Waals surface area contributed by atoms with E-state index in [0.717, 1.165) is 12.8 Å². The topological polar surface area (TPSA) is 37.4 Å². The largest absolute Gasteiger partial charge is 0.274 e. The second-order valence-corrected chi connectivity index (χ2v) is 6.97. The minimum absolute atomic E-state index is 0.0808. The summed E-state index contributed by atoms with van der Waals surface area (Å²) >= 11 is 11.9. The van der Waals surface area contributed by atoms with Gasteiger partial charge in [-0.2, -0.15) is 0 Å². The molecule has 5 heteroatoms. The molecule has 1 saturated heterocycles. The fourth-order valence-electron chi connectivity index (χ4n) is 4.05. The summed E-state index contributed by atoms with van der Waals surface area (Å²) in [6.45, 7) is 0. The Balaban J connectivity index is 1.74. The van der Waals surface area contributed by atoms with Crippen LogP contribution in [0.2, 0.25) is 10.0 Å². The standard InChI is InChI=1S/C16H13Cl2NO2/c17-12-4-3-11(6-13(12)18)19-14(20)8-16(15(19)21)7-9-1-2-10(16)5-9/h1-4,6,9-10H,5,7-8H2/t9-,10-,16+/m1/s1. The number of hydrogen-bond acceptors (Lipinski definition) is 2. The summed E-state index contributed by atoms with van der Waals surface area (Å²) in [5.74, 6) is 0.425. The van der Waals surface area contributed by atoms with E-state index >= 15 is 0 Å². The SMILES string of the molecule is O=C1C[C@]2(C[C@@H]3C=C[C@@H]2C3)C(=O)N1c1ccc(Cl)c(Cl)c1. The molecule has 1 aromatic carbocycles. The molecule has 4 rings (SSSR count). The average molecular weight is 322 g/mol. The van der Waals surface area contributed by atoms with E-state index in [9.17, 15) is 9.59 Å². The summed E-state index contributed by atoms with van der Waals surface area (Å²) in [6.07, 6.45) is 6.37. The minimum atomic E-state index is -0.525. The molecule has 1 spiro atoms. The molecular formula is C16H13Cl2NO2. The van der Waals surface area contributed by atoms with Gasteiger partial charge in [-0.05, 0) is 42.9 Å². The van der Waals surface area contributed by atoms with E-state index in [1.807, 2.05) is 0 Å². The third kappa shape index (κ3) is 1.74. The Morgan fingerprint density at radius 2 is 1.95 bits per heavy atom. The second kappa shape index (κ2) is 4.34. The van der Waals surface area contributed by atoms with Crippen molar-refractivity contribution in [3.05, 3.63) is 40.4 Å². The Hall–Kier alpha value is -1.32. The highest BCUT2D eigenvalue weighted by molar-refractivity contribution is 6.42. The number of anilines is 1. The molecule has 1 saturated carbocycles. The summed E-state index contributed by atoms with van der Waals surface area (Å²) in [4.78, 5) is 26.6. The van der Waals surface area contributed by atoms with Gasteiger partial charge in [0.05, 0.1) is 21.1 Å². The molecule has 0 N–H and O–H groups in total. The molecule has 2 fully saturated rings. The minimum Gasteiger partial charge on any atom is -0.274 e. The fraction of sp³-hybridized carbons (Fsp3) is 0.375. The molecule has 1 aromatic rings. The molecule has 0 unspecified atom stereocenters. The van der Waals surface area contributed by atoms with E-state index in [-0.39, 0.29) is 17.7 Å². The maximum Gasteiger partial charge on any atom is 0.241 e. The number of fused-ring (bicyclic) bond motifs is 3. The van der Waals surface area contributed by atoms with Crippen LogP contribution in [0.4, 0.5) is 5.69 Å². The lowest BCUT2D eigenvalue weighted by atomic mass is 9.74. The molecular weight excluding hydrogens is 309 g/mol. The number of amides is 2. The molecule has 108 valence electrons. The van der Waals surface area contributed by atoms with Crippen molar-refractivity contribution in [1.29, 1.82) is 0 Å². The molecule has 2 bridgehead atoms. The molecule has 0 radical (unpaired) electrons. The quantitative estimate of drug-likeness (QED) is 0.582. The van der Waals surface area contributed by atoms with Crippen molar-refractivity contribution in [2.45, 2.75) is 19.3 Å². The number of allylic oxidation sites excluding steroid dienone is 2. The molecule has 2 aliphatic carbocycles. The van der Waals surface area contributed by atoms with Crippen molar-refractivity contribution in [2.75, 3.05) is 4.90 Å². The van der Waals surface area contributed by atoms with Crippen molar-refractivity contribution in [2.24, 2.45) is 17.3 Å². The Morgan fingerprint density at radius 3 is 2.57 bits per heavy atom. The summed E-state index contributed by atoms with van der Waals surface area (Å²) in [6, 6.07) is 4.87. The summed E-state index contributed by atoms with van der Waals surface area (Å²) in [5, 5.41) is 0.764. The van der Waals surface area contributed by atoms with Crippen LogP contribution in [0, 0.1) is 17.3 Å². The third-order valence-corrected chi connectivity index (χ3v) is 5.75. The zero-order valence-corrected chi connectivity index (χ0v) is 12.7. The van der Waals surface area contributed by atoms with Crippen LogP contribution >= 0.6 is 23.2 Å². The van der Waals surface area contributed by atoms with Gasteiger partial charge in [0.1, 0.15) is 0 Å². The van der Waals surface area contributed by atoms with E-state index in [1.165, 1.54) is 4.90 Å². The van der Waals surface area contributed by atoms with E-state index in [2.05, 4.69) is 12.2 Å². The Kier molecular flexibility index (Phi) is 2.76.